The van der Waals surface area contributed by atoms with Crippen LogP contribution in [0.3, 0.4) is 0 Å². The molecule has 0 spiro atoms. The van der Waals surface area contributed by atoms with Gasteiger partial charge in [-0.3, -0.25) is 9.69 Å². The van der Waals surface area contributed by atoms with Gasteiger partial charge in [0, 0.05) is 32.0 Å². The molecule has 2 unspecified atom stereocenters. The molecule has 3 amide bonds. The van der Waals surface area contributed by atoms with Crippen LogP contribution in [-0.2, 0) is 9.53 Å². The zero-order valence-electron chi connectivity index (χ0n) is 20.4. The molecular weight excluding hydrogens is 490 g/mol. The lowest BCUT2D eigenvalue weighted by atomic mass is 9.99. The maximum absolute atomic E-state index is 13.5. The second-order valence-corrected chi connectivity index (χ2v) is 10.4. The lowest BCUT2D eigenvalue weighted by Gasteiger charge is -2.35. The number of rotatable bonds is 6. The molecule has 1 fully saturated rings. The summed E-state index contributed by atoms with van der Waals surface area (Å²) < 4.78 is 11.4. The first-order valence-electron chi connectivity index (χ1n) is 12.2. The summed E-state index contributed by atoms with van der Waals surface area (Å²) in [7, 11) is 1.64. The molecule has 3 aliphatic rings. The van der Waals surface area contributed by atoms with E-state index in [1.165, 1.54) is 11.8 Å². The standard InChI is InChI=1S/C27H27N5O4S/c1-15-12-17(36-16-6-4-3-5-7-16)8-9-19(15)32-20-10-11-29-26-22(20)23(31-27(32)34)24(37-26)25(33)30-18-13-28-14-21(18)35-2/h3-12,18,21,23-24,28H,13-14H2,1-2H3,(H,30,33)(H,31,34)/t18-,21+,23?,24?/m0/s1. The molecule has 6 rings (SSSR count). The first-order valence-corrected chi connectivity index (χ1v) is 13.0. The van der Waals surface area contributed by atoms with Crippen LogP contribution in [0.4, 0.5) is 16.2 Å². The number of amides is 3. The van der Waals surface area contributed by atoms with Crippen LogP contribution in [0.1, 0.15) is 17.2 Å². The number of carbonyl (C=O) groups is 2. The summed E-state index contributed by atoms with van der Waals surface area (Å²) in [6.45, 7) is 3.28. The molecule has 0 saturated carbocycles. The molecule has 0 aliphatic carbocycles. The fourth-order valence-electron chi connectivity index (χ4n) is 5.14. The summed E-state index contributed by atoms with van der Waals surface area (Å²) in [6.07, 6.45) is 1.61. The van der Waals surface area contributed by atoms with Gasteiger partial charge in [-0.2, -0.15) is 0 Å². The number of para-hydroxylation sites is 1. The van der Waals surface area contributed by atoms with Crippen molar-refractivity contribution in [2.75, 3.05) is 25.1 Å². The van der Waals surface area contributed by atoms with Crippen molar-refractivity contribution in [3.05, 3.63) is 71.9 Å². The third-order valence-electron chi connectivity index (χ3n) is 6.94. The number of nitrogens with zero attached hydrogens (tertiary/aromatic N) is 2. The minimum atomic E-state index is -0.518. The van der Waals surface area contributed by atoms with Crippen molar-refractivity contribution in [3.8, 4) is 11.5 Å². The zero-order valence-corrected chi connectivity index (χ0v) is 21.2. The van der Waals surface area contributed by atoms with Gasteiger partial charge >= 0.3 is 6.03 Å². The van der Waals surface area contributed by atoms with Crippen LogP contribution in [0, 0.1) is 6.92 Å². The SMILES string of the molecule is CO[C@@H]1CNC[C@@H]1NC(=O)C1Sc2nccc3c2C1NC(=O)N3c1ccc(Oc2ccccc2)cc1C. The van der Waals surface area contributed by atoms with Crippen molar-refractivity contribution in [1.82, 2.24) is 20.9 Å². The van der Waals surface area contributed by atoms with E-state index < -0.39 is 11.3 Å². The Kier molecular flexibility index (Phi) is 6.23. The molecule has 4 heterocycles. The second-order valence-electron chi connectivity index (χ2n) is 9.26. The highest BCUT2D eigenvalue weighted by Crippen LogP contribution is 2.51. The average Bonchev–Trinajstić information content (AvgIpc) is 3.50. The van der Waals surface area contributed by atoms with Crippen molar-refractivity contribution in [1.29, 1.82) is 0 Å². The van der Waals surface area contributed by atoms with Gasteiger partial charge in [0.25, 0.3) is 0 Å². The van der Waals surface area contributed by atoms with Gasteiger partial charge in [0.2, 0.25) is 5.91 Å². The number of hydrogen-bond donors (Lipinski definition) is 3. The summed E-state index contributed by atoms with van der Waals surface area (Å²) in [5, 5.41) is 9.65. The number of carbonyl (C=O) groups excluding carboxylic acids is 2. The number of methoxy groups -OCH3 is 1. The van der Waals surface area contributed by atoms with Crippen LogP contribution in [0.2, 0.25) is 0 Å². The fourth-order valence-corrected chi connectivity index (χ4v) is 6.38. The van der Waals surface area contributed by atoms with E-state index in [1.807, 2.05) is 61.5 Å². The quantitative estimate of drug-likeness (QED) is 0.458. The van der Waals surface area contributed by atoms with E-state index in [1.54, 1.807) is 18.2 Å². The van der Waals surface area contributed by atoms with Crippen molar-refractivity contribution in [2.24, 2.45) is 0 Å². The smallest absolute Gasteiger partial charge is 0.327 e. The van der Waals surface area contributed by atoms with Gasteiger partial charge in [-0.25, -0.2) is 9.78 Å². The van der Waals surface area contributed by atoms with Crippen LogP contribution in [0.5, 0.6) is 11.5 Å². The van der Waals surface area contributed by atoms with E-state index in [9.17, 15) is 9.59 Å². The largest absolute Gasteiger partial charge is 0.457 e. The lowest BCUT2D eigenvalue weighted by molar-refractivity contribution is -0.122. The van der Waals surface area contributed by atoms with Crippen LogP contribution in [0.25, 0.3) is 0 Å². The normalized spacial score (nSPS) is 23.9. The van der Waals surface area contributed by atoms with E-state index in [-0.39, 0.29) is 24.1 Å². The molecule has 3 N–H and O–H groups in total. The van der Waals surface area contributed by atoms with E-state index in [2.05, 4.69) is 20.9 Å². The molecule has 0 radical (unpaired) electrons. The first kappa shape index (κ1) is 23.8. The molecule has 1 saturated heterocycles. The summed E-state index contributed by atoms with van der Waals surface area (Å²) in [5.41, 5.74) is 3.22. The van der Waals surface area contributed by atoms with Gasteiger partial charge in [-0.05, 0) is 48.9 Å². The lowest BCUT2D eigenvalue weighted by Crippen LogP contribution is -2.52. The molecule has 4 atom stereocenters. The zero-order chi connectivity index (χ0) is 25.5. The Labute approximate surface area is 218 Å². The van der Waals surface area contributed by atoms with E-state index >= 15 is 0 Å². The number of aryl methyl sites for hydroxylation is 1. The van der Waals surface area contributed by atoms with Crippen LogP contribution >= 0.6 is 11.8 Å². The summed E-state index contributed by atoms with van der Waals surface area (Å²) in [4.78, 5) is 33.0. The molecule has 3 aromatic rings. The van der Waals surface area contributed by atoms with E-state index in [4.69, 9.17) is 9.47 Å². The van der Waals surface area contributed by atoms with E-state index in [0.717, 1.165) is 33.3 Å². The molecule has 0 bridgehead atoms. The summed E-state index contributed by atoms with van der Waals surface area (Å²) in [5.74, 6) is 1.29. The van der Waals surface area contributed by atoms with E-state index in [0.29, 0.717) is 18.8 Å². The van der Waals surface area contributed by atoms with Crippen LogP contribution < -0.4 is 25.6 Å². The molecule has 1 aromatic heterocycles. The van der Waals surface area contributed by atoms with Crippen molar-refractivity contribution in [2.45, 2.75) is 35.4 Å². The van der Waals surface area contributed by atoms with Crippen molar-refractivity contribution in [3.63, 3.8) is 0 Å². The third-order valence-corrected chi connectivity index (χ3v) is 8.23. The van der Waals surface area contributed by atoms with Crippen LogP contribution in [-0.4, -0.2) is 54.5 Å². The maximum Gasteiger partial charge on any atom is 0.327 e. The highest BCUT2D eigenvalue weighted by molar-refractivity contribution is 8.01. The number of thioether (sulfide) groups is 1. The van der Waals surface area contributed by atoms with Gasteiger partial charge in [0.05, 0.1) is 29.6 Å². The Morgan fingerprint density at radius 1 is 1.11 bits per heavy atom. The number of urea groups is 1. The number of ether oxygens (including phenoxy) is 2. The van der Waals surface area contributed by atoms with Gasteiger partial charge in [0.1, 0.15) is 21.8 Å². The highest BCUT2D eigenvalue weighted by atomic mass is 32.2. The molecular formula is C27H27N5O4S. The van der Waals surface area contributed by atoms with Gasteiger partial charge < -0.3 is 25.4 Å². The molecule has 2 aromatic carbocycles. The second kappa shape index (κ2) is 9.70. The minimum absolute atomic E-state index is 0.0836. The number of pyridine rings is 1. The summed E-state index contributed by atoms with van der Waals surface area (Å²) >= 11 is 1.38. The topological polar surface area (TPSA) is 105 Å². The summed E-state index contributed by atoms with van der Waals surface area (Å²) in [6, 6.07) is 16.2. The molecule has 37 heavy (non-hydrogen) atoms. The number of benzene rings is 2. The highest BCUT2D eigenvalue weighted by Gasteiger charge is 2.47. The number of hydrogen-bond acceptors (Lipinski definition) is 7. The predicted octanol–water partition coefficient (Wildman–Crippen LogP) is 3.66. The van der Waals surface area contributed by atoms with Crippen molar-refractivity contribution >= 4 is 35.1 Å². The molecule has 10 heteroatoms. The van der Waals surface area contributed by atoms with Crippen molar-refractivity contribution < 1.29 is 19.1 Å². The maximum atomic E-state index is 13.5. The molecule has 3 aliphatic heterocycles. The average molecular weight is 518 g/mol. The van der Waals surface area contributed by atoms with Gasteiger partial charge in [-0.15, -0.1) is 0 Å². The number of aromatic nitrogens is 1. The third kappa shape index (κ3) is 4.30. The number of nitrogens with one attached hydrogen (secondary N) is 3. The van der Waals surface area contributed by atoms with Crippen LogP contribution in [0.15, 0.2) is 65.8 Å². The minimum Gasteiger partial charge on any atom is -0.457 e. The first-order chi connectivity index (χ1) is 18.0. The Morgan fingerprint density at radius 3 is 2.73 bits per heavy atom. The Balaban J connectivity index is 1.27. The number of anilines is 2. The predicted molar refractivity (Wildman–Crippen MR) is 141 cm³/mol. The van der Waals surface area contributed by atoms with Gasteiger partial charge in [-0.1, -0.05) is 30.0 Å². The molecule has 190 valence electrons. The Morgan fingerprint density at radius 2 is 1.95 bits per heavy atom. The molecule has 9 nitrogen and oxygen atoms in total. The van der Waals surface area contributed by atoms with Gasteiger partial charge in [0.15, 0.2) is 0 Å². The Hall–Kier alpha value is -3.60. The fraction of sp³-hybridized carbons (Fsp3) is 0.296. The Bertz CT molecular complexity index is 1350. The monoisotopic (exact) mass is 517 g/mol.